The fraction of sp³-hybridized carbons (Fsp3) is 0.462. The molecule has 102 valence electrons. The van der Waals surface area contributed by atoms with Gasteiger partial charge in [0.1, 0.15) is 0 Å². The van der Waals surface area contributed by atoms with E-state index in [0.717, 1.165) is 24.8 Å². The number of allylic oxidation sites excluding steroid dienone is 3. The number of aromatic nitrogens is 3. The molecule has 19 heavy (non-hydrogen) atoms. The van der Waals surface area contributed by atoms with Gasteiger partial charge in [-0.05, 0) is 38.3 Å². The van der Waals surface area contributed by atoms with Gasteiger partial charge in [-0.25, -0.2) is 28.1 Å². The van der Waals surface area contributed by atoms with Crippen LogP contribution in [0.4, 0.5) is 0 Å². The highest BCUT2D eigenvalue weighted by molar-refractivity contribution is 5.75. The number of rotatable bonds is 3. The first-order valence-electron chi connectivity index (χ1n) is 6.28. The van der Waals surface area contributed by atoms with E-state index in [1.807, 2.05) is 6.92 Å². The molecular weight excluding hydrogens is 246 g/mol. The van der Waals surface area contributed by atoms with Crippen molar-refractivity contribution in [1.82, 2.24) is 13.7 Å². The van der Waals surface area contributed by atoms with Crippen molar-refractivity contribution in [1.29, 1.82) is 0 Å². The maximum Gasteiger partial charge on any atom is 0.340 e. The van der Waals surface area contributed by atoms with Crippen molar-refractivity contribution in [3.05, 3.63) is 49.2 Å². The molecule has 0 aromatic carbocycles. The molecule has 1 aliphatic carbocycles. The minimum atomic E-state index is -0.586. The van der Waals surface area contributed by atoms with E-state index < -0.39 is 17.1 Å². The Hall–Kier alpha value is -2.11. The van der Waals surface area contributed by atoms with Gasteiger partial charge in [-0.3, -0.25) is 0 Å². The molecule has 0 amide bonds. The van der Waals surface area contributed by atoms with Gasteiger partial charge in [0.25, 0.3) is 0 Å². The van der Waals surface area contributed by atoms with Crippen molar-refractivity contribution in [2.24, 2.45) is 0 Å². The molecule has 0 spiro atoms. The van der Waals surface area contributed by atoms with Crippen LogP contribution in [0.5, 0.6) is 0 Å². The third-order valence-electron chi connectivity index (χ3n) is 3.38. The molecule has 0 bridgehead atoms. The van der Waals surface area contributed by atoms with E-state index in [4.69, 9.17) is 0 Å². The molecule has 0 aliphatic heterocycles. The minimum absolute atomic E-state index is 0.233. The average molecular weight is 263 g/mol. The lowest BCUT2D eigenvalue weighted by molar-refractivity contribution is 0.514. The molecule has 1 heterocycles. The molecule has 0 radical (unpaired) electrons. The van der Waals surface area contributed by atoms with E-state index in [0.29, 0.717) is 12.1 Å². The van der Waals surface area contributed by atoms with Crippen LogP contribution in [-0.4, -0.2) is 13.7 Å². The topological polar surface area (TPSA) is 66.0 Å². The first-order chi connectivity index (χ1) is 8.93. The van der Waals surface area contributed by atoms with Crippen LogP contribution in [0.3, 0.4) is 0 Å². The van der Waals surface area contributed by atoms with Crippen LogP contribution in [0.2, 0.25) is 0 Å². The summed E-state index contributed by atoms with van der Waals surface area (Å²) in [5.41, 5.74) is 0.516. The van der Waals surface area contributed by atoms with E-state index in [-0.39, 0.29) is 13.1 Å². The van der Waals surface area contributed by atoms with Crippen molar-refractivity contribution in [2.45, 2.75) is 40.3 Å². The highest BCUT2D eigenvalue weighted by Gasteiger charge is 2.25. The quantitative estimate of drug-likeness (QED) is 0.793. The predicted octanol–water partition coefficient (Wildman–Crippen LogP) is 0.402. The lowest BCUT2D eigenvalue weighted by Gasteiger charge is -2.25. The van der Waals surface area contributed by atoms with Gasteiger partial charge in [-0.15, -0.1) is 0 Å². The summed E-state index contributed by atoms with van der Waals surface area (Å²) in [5.74, 6) is 0. The van der Waals surface area contributed by atoms with Crippen molar-refractivity contribution in [2.75, 3.05) is 0 Å². The summed E-state index contributed by atoms with van der Waals surface area (Å²) >= 11 is 0. The Bertz CT molecular complexity index is 717. The molecule has 0 N–H and O–H groups in total. The van der Waals surface area contributed by atoms with Gasteiger partial charge < -0.3 is 0 Å². The van der Waals surface area contributed by atoms with E-state index in [1.54, 1.807) is 13.8 Å². The summed E-state index contributed by atoms with van der Waals surface area (Å²) in [6.45, 7) is 9.56. The molecule has 1 aliphatic rings. The fourth-order valence-electron chi connectivity index (χ4n) is 2.40. The van der Waals surface area contributed by atoms with Crippen LogP contribution in [0.25, 0.3) is 5.70 Å². The predicted molar refractivity (Wildman–Crippen MR) is 73.2 cm³/mol. The molecule has 6 nitrogen and oxygen atoms in total. The van der Waals surface area contributed by atoms with Crippen molar-refractivity contribution in [3.8, 4) is 0 Å². The zero-order valence-electron chi connectivity index (χ0n) is 11.4. The number of hydrogen-bond donors (Lipinski definition) is 0. The van der Waals surface area contributed by atoms with E-state index in [1.165, 1.54) is 0 Å². The Morgan fingerprint density at radius 3 is 1.79 bits per heavy atom. The van der Waals surface area contributed by atoms with Crippen LogP contribution in [-0.2, 0) is 13.1 Å². The Balaban J connectivity index is 2.95. The smallest absolute Gasteiger partial charge is 0.247 e. The third kappa shape index (κ3) is 1.75. The summed E-state index contributed by atoms with van der Waals surface area (Å²) < 4.78 is 3.20. The maximum absolute atomic E-state index is 12.3. The van der Waals surface area contributed by atoms with Crippen LogP contribution < -0.4 is 17.1 Å². The lowest BCUT2D eigenvalue weighted by Crippen LogP contribution is -2.54. The zero-order chi connectivity index (χ0) is 14.3. The summed E-state index contributed by atoms with van der Waals surface area (Å²) in [7, 11) is 0. The monoisotopic (exact) mass is 263 g/mol. The van der Waals surface area contributed by atoms with Crippen LogP contribution in [0, 0.1) is 0 Å². The van der Waals surface area contributed by atoms with E-state index in [9.17, 15) is 14.4 Å². The van der Waals surface area contributed by atoms with Gasteiger partial charge in [0, 0.05) is 13.1 Å². The van der Waals surface area contributed by atoms with Gasteiger partial charge in [0.2, 0.25) is 0 Å². The SMILES string of the molecule is C=C1CC(C)=C1n1c(=O)n(CC)c(=O)n(CC)c1=O. The Morgan fingerprint density at radius 1 is 1.00 bits per heavy atom. The van der Waals surface area contributed by atoms with E-state index in [2.05, 4.69) is 6.58 Å². The van der Waals surface area contributed by atoms with Gasteiger partial charge in [-0.1, -0.05) is 6.58 Å². The molecule has 0 unspecified atom stereocenters. The minimum Gasteiger partial charge on any atom is -0.247 e. The van der Waals surface area contributed by atoms with Crippen LogP contribution in [0.15, 0.2) is 32.1 Å². The van der Waals surface area contributed by atoms with Gasteiger partial charge in [0.15, 0.2) is 0 Å². The lowest BCUT2D eigenvalue weighted by atomic mass is 9.90. The molecule has 2 rings (SSSR count). The van der Waals surface area contributed by atoms with Gasteiger partial charge in [-0.2, -0.15) is 0 Å². The largest absolute Gasteiger partial charge is 0.340 e. The number of hydrogen-bond acceptors (Lipinski definition) is 3. The molecule has 6 heteroatoms. The molecule has 0 saturated carbocycles. The van der Waals surface area contributed by atoms with Crippen molar-refractivity contribution in [3.63, 3.8) is 0 Å². The zero-order valence-corrected chi connectivity index (χ0v) is 11.4. The second-order valence-corrected chi connectivity index (χ2v) is 4.58. The average Bonchev–Trinajstić information content (AvgIpc) is 2.35. The summed E-state index contributed by atoms with van der Waals surface area (Å²) in [4.78, 5) is 36.5. The van der Waals surface area contributed by atoms with Crippen LogP contribution in [0.1, 0.15) is 27.2 Å². The first kappa shape index (κ1) is 13.3. The Labute approximate surface area is 109 Å². The highest BCUT2D eigenvalue weighted by Crippen LogP contribution is 2.33. The third-order valence-corrected chi connectivity index (χ3v) is 3.38. The first-order valence-corrected chi connectivity index (χ1v) is 6.28. The van der Waals surface area contributed by atoms with E-state index >= 15 is 0 Å². The Morgan fingerprint density at radius 2 is 1.47 bits per heavy atom. The standard InChI is InChI=1S/C13H17N3O3/c1-5-14-11(17)15(6-2)13(19)16(12(14)18)10-8(3)7-9(10)4/h3,5-7H2,1-2,4H3. The second-order valence-electron chi connectivity index (χ2n) is 4.58. The maximum atomic E-state index is 12.3. The summed E-state index contributed by atoms with van der Waals surface area (Å²) in [6.07, 6.45) is 0.693. The van der Waals surface area contributed by atoms with Crippen molar-refractivity contribution < 1.29 is 0 Å². The molecule has 0 atom stereocenters. The van der Waals surface area contributed by atoms with Gasteiger partial charge in [0.05, 0.1) is 5.70 Å². The number of nitrogens with zero attached hydrogens (tertiary/aromatic N) is 3. The molecular formula is C13H17N3O3. The molecule has 0 fully saturated rings. The summed E-state index contributed by atoms with van der Waals surface area (Å²) in [6, 6.07) is 0. The Kier molecular flexibility index (Phi) is 3.18. The molecule has 1 aromatic rings. The molecule has 0 saturated heterocycles. The molecule has 1 aromatic heterocycles. The highest BCUT2D eigenvalue weighted by atomic mass is 16.2. The van der Waals surface area contributed by atoms with Gasteiger partial charge >= 0.3 is 17.1 Å². The fourth-order valence-corrected chi connectivity index (χ4v) is 2.40. The second kappa shape index (κ2) is 4.53. The summed E-state index contributed by atoms with van der Waals surface area (Å²) in [5, 5.41) is 0. The van der Waals surface area contributed by atoms with Crippen LogP contribution >= 0.6 is 0 Å². The normalized spacial score (nSPS) is 14.8. The van der Waals surface area contributed by atoms with Crippen molar-refractivity contribution >= 4 is 5.70 Å².